The van der Waals surface area contributed by atoms with Gasteiger partial charge in [0.15, 0.2) is 0 Å². The third kappa shape index (κ3) is 4.55. The lowest BCUT2D eigenvalue weighted by Gasteiger charge is -2.48. The number of nitrogens with zero attached hydrogens (tertiary/aromatic N) is 2. The van der Waals surface area contributed by atoms with E-state index < -0.39 is 6.04 Å². The minimum Gasteiger partial charge on any atom is -0.328 e. The van der Waals surface area contributed by atoms with E-state index in [2.05, 4.69) is 6.92 Å². The third-order valence-corrected chi connectivity index (χ3v) is 7.47. The molecule has 0 spiro atoms. The second-order valence-corrected chi connectivity index (χ2v) is 9.63. The van der Waals surface area contributed by atoms with Gasteiger partial charge in [0.1, 0.15) is 18.4 Å². The molecule has 1 atom stereocenters. The summed E-state index contributed by atoms with van der Waals surface area (Å²) in [5, 5.41) is 0. The van der Waals surface area contributed by atoms with Crippen LogP contribution < -0.4 is 0 Å². The van der Waals surface area contributed by atoms with Gasteiger partial charge in [-0.15, -0.1) is 0 Å². The largest absolute Gasteiger partial charge is 0.328 e. The molecule has 164 valence electrons. The molecule has 1 aromatic rings. The highest BCUT2D eigenvalue weighted by atomic mass is 19.1. The van der Waals surface area contributed by atoms with E-state index in [9.17, 15) is 14.0 Å². The Labute approximate surface area is 179 Å². The predicted octanol–water partition coefficient (Wildman–Crippen LogP) is 5.23. The molecule has 2 amide bonds. The molecule has 1 aliphatic heterocycles. The minimum absolute atomic E-state index is 0.0304. The van der Waals surface area contributed by atoms with Crippen LogP contribution in [-0.4, -0.2) is 40.2 Å². The molecule has 2 aliphatic carbocycles. The first-order valence-electron chi connectivity index (χ1n) is 11.9. The number of carbonyl (C=O) groups is 2. The van der Waals surface area contributed by atoms with Gasteiger partial charge in [0.05, 0.1) is 0 Å². The lowest BCUT2D eigenvalue weighted by Crippen LogP contribution is -2.61. The summed E-state index contributed by atoms with van der Waals surface area (Å²) in [4.78, 5) is 31.0. The van der Waals surface area contributed by atoms with E-state index in [1.165, 1.54) is 31.4 Å². The summed E-state index contributed by atoms with van der Waals surface area (Å²) in [5.41, 5.74) is 0.741. The third-order valence-electron chi connectivity index (χ3n) is 7.47. The number of piperazine rings is 1. The SMILES string of the molecule is CC1CCC(N2CC(=O)N(C3CCCCCCC3)[C@@H](c3ccc(F)cc3)C2=O)CC1. The average molecular weight is 415 g/mol. The van der Waals surface area contributed by atoms with E-state index in [0.29, 0.717) is 5.92 Å². The Hall–Kier alpha value is -1.91. The van der Waals surface area contributed by atoms with Gasteiger partial charge < -0.3 is 9.80 Å². The normalized spacial score (nSPS) is 29.6. The van der Waals surface area contributed by atoms with Gasteiger partial charge in [-0.2, -0.15) is 0 Å². The lowest BCUT2D eigenvalue weighted by atomic mass is 9.85. The maximum Gasteiger partial charge on any atom is 0.250 e. The first kappa shape index (κ1) is 21.3. The maximum absolute atomic E-state index is 13.8. The van der Waals surface area contributed by atoms with Crippen LogP contribution in [0.15, 0.2) is 24.3 Å². The Morgan fingerprint density at radius 3 is 2.03 bits per heavy atom. The van der Waals surface area contributed by atoms with Crippen molar-refractivity contribution in [3.8, 4) is 0 Å². The summed E-state index contributed by atoms with van der Waals surface area (Å²) < 4.78 is 13.6. The van der Waals surface area contributed by atoms with Crippen molar-refractivity contribution in [2.75, 3.05) is 6.54 Å². The lowest BCUT2D eigenvalue weighted by molar-refractivity contribution is -0.162. The van der Waals surface area contributed by atoms with Gasteiger partial charge in [0.2, 0.25) is 5.91 Å². The monoisotopic (exact) mass is 414 g/mol. The van der Waals surface area contributed by atoms with Crippen LogP contribution in [0.2, 0.25) is 0 Å². The Morgan fingerprint density at radius 2 is 1.40 bits per heavy atom. The Morgan fingerprint density at radius 1 is 0.800 bits per heavy atom. The molecule has 1 heterocycles. The van der Waals surface area contributed by atoms with Crippen LogP contribution in [0.25, 0.3) is 0 Å². The number of benzene rings is 1. The van der Waals surface area contributed by atoms with E-state index in [1.807, 2.05) is 9.80 Å². The molecule has 1 saturated heterocycles. The summed E-state index contributed by atoms with van der Waals surface area (Å²) >= 11 is 0. The van der Waals surface area contributed by atoms with Crippen molar-refractivity contribution in [1.29, 1.82) is 0 Å². The van der Waals surface area contributed by atoms with Crippen LogP contribution in [0, 0.1) is 11.7 Å². The summed E-state index contributed by atoms with van der Waals surface area (Å²) in [5.74, 6) is 0.469. The van der Waals surface area contributed by atoms with Gasteiger partial charge in [-0.1, -0.05) is 51.2 Å². The van der Waals surface area contributed by atoms with Crippen molar-refractivity contribution >= 4 is 11.8 Å². The molecule has 0 N–H and O–H groups in total. The van der Waals surface area contributed by atoms with Crippen molar-refractivity contribution in [3.63, 3.8) is 0 Å². The summed E-state index contributed by atoms with van der Waals surface area (Å²) in [6.07, 6.45) is 11.9. The number of rotatable bonds is 3. The molecule has 1 aromatic carbocycles. The number of hydrogen-bond acceptors (Lipinski definition) is 2. The molecule has 0 unspecified atom stereocenters. The van der Waals surface area contributed by atoms with E-state index in [1.54, 1.807) is 12.1 Å². The second kappa shape index (κ2) is 9.49. The minimum atomic E-state index is -0.615. The van der Waals surface area contributed by atoms with Crippen LogP contribution in [0.1, 0.15) is 89.2 Å². The van der Waals surface area contributed by atoms with Crippen LogP contribution in [0.5, 0.6) is 0 Å². The molecule has 3 aliphatic rings. The smallest absolute Gasteiger partial charge is 0.250 e. The van der Waals surface area contributed by atoms with Crippen molar-refractivity contribution in [1.82, 2.24) is 9.80 Å². The van der Waals surface area contributed by atoms with Crippen LogP contribution in [0.3, 0.4) is 0 Å². The van der Waals surface area contributed by atoms with Gasteiger partial charge in [-0.3, -0.25) is 9.59 Å². The summed E-state index contributed by atoms with van der Waals surface area (Å²) in [7, 11) is 0. The molecule has 0 bridgehead atoms. The standard InChI is InChI=1S/C25H35FN2O2/c1-18-9-15-21(16-10-18)27-17-23(29)28(22-7-5-3-2-4-6-8-22)24(25(27)30)19-11-13-20(26)14-12-19/h11-14,18,21-22,24H,2-10,15-17H2,1H3/t18?,21?,24-/m0/s1. The average Bonchev–Trinajstić information content (AvgIpc) is 2.71. The zero-order valence-electron chi connectivity index (χ0n) is 18.2. The van der Waals surface area contributed by atoms with E-state index in [4.69, 9.17) is 0 Å². The zero-order valence-corrected chi connectivity index (χ0v) is 18.2. The molecule has 30 heavy (non-hydrogen) atoms. The summed E-state index contributed by atoms with van der Waals surface area (Å²) in [6, 6.07) is 5.83. The predicted molar refractivity (Wildman–Crippen MR) is 115 cm³/mol. The molecule has 4 rings (SSSR count). The molecule has 2 saturated carbocycles. The quantitative estimate of drug-likeness (QED) is 0.680. The highest BCUT2D eigenvalue weighted by Gasteiger charge is 2.45. The molecule has 3 fully saturated rings. The van der Waals surface area contributed by atoms with Crippen LogP contribution >= 0.6 is 0 Å². The fourth-order valence-corrected chi connectivity index (χ4v) is 5.66. The molecule has 0 aromatic heterocycles. The summed E-state index contributed by atoms with van der Waals surface area (Å²) in [6.45, 7) is 2.46. The van der Waals surface area contributed by atoms with Crippen molar-refractivity contribution in [2.24, 2.45) is 5.92 Å². The maximum atomic E-state index is 13.8. The first-order valence-corrected chi connectivity index (χ1v) is 11.9. The number of hydrogen-bond donors (Lipinski definition) is 0. The van der Waals surface area contributed by atoms with Gasteiger partial charge >= 0.3 is 0 Å². The van der Waals surface area contributed by atoms with Crippen molar-refractivity contribution in [3.05, 3.63) is 35.6 Å². The molecule has 0 radical (unpaired) electrons. The van der Waals surface area contributed by atoms with E-state index in [-0.39, 0.29) is 36.3 Å². The van der Waals surface area contributed by atoms with E-state index in [0.717, 1.165) is 56.9 Å². The Balaban J connectivity index is 1.64. The number of carbonyl (C=O) groups excluding carboxylic acids is 2. The Bertz CT molecular complexity index is 734. The Kier molecular flexibility index (Phi) is 6.74. The number of amides is 2. The van der Waals surface area contributed by atoms with Crippen molar-refractivity contribution in [2.45, 2.75) is 95.7 Å². The highest BCUT2D eigenvalue weighted by molar-refractivity contribution is 5.96. The van der Waals surface area contributed by atoms with Gasteiger partial charge in [-0.05, 0) is 62.1 Å². The fourth-order valence-electron chi connectivity index (χ4n) is 5.66. The van der Waals surface area contributed by atoms with Crippen molar-refractivity contribution < 1.29 is 14.0 Å². The second-order valence-electron chi connectivity index (χ2n) is 9.63. The molecular weight excluding hydrogens is 379 g/mol. The van der Waals surface area contributed by atoms with Crippen LogP contribution in [-0.2, 0) is 9.59 Å². The fraction of sp³-hybridized carbons (Fsp3) is 0.680. The number of halogens is 1. The topological polar surface area (TPSA) is 40.6 Å². The van der Waals surface area contributed by atoms with Gasteiger partial charge in [-0.25, -0.2) is 4.39 Å². The first-order chi connectivity index (χ1) is 14.5. The molecule has 4 nitrogen and oxygen atoms in total. The van der Waals surface area contributed by atoms with Gasteiger partial charge in [0, 0.05) is 12.1 Å². The molecular formula is C25H35FN2O2. The molecule has 5 heteroatoms. The van der Waals surface area contributed by atoms with Gasteiger partial charge in [0.25, 0.3) is 5.91 Å². The van der Waals surface area contributed by atoms with Crippen LogP contribution in [0.4, 0.5) is 4.39 Å². The highest BCUT2D eigenvalue weighted by Crippen LogP contribution is 2.37. The zero-order chi connectivity index (χ0) is 21.1. The van der Waals surface area contributed by atoms with E-state index >= 15 is 0 Å².